The Morgan fingerprint density at radius 2 is 2.00 bits per heavy atom. The van der Waals surface area contributed by atoms with Gasteiger partial charge in [0, 0.05) is 29.9 Å². The number of nitrogens with one attached hydrogen (secondary N) is 1. The standard InChI is InChI=1S/C17H14F2N4O2S/c1-2-14-22-17(25-23-14)10-3-4-20-16(5-10)26-9-15(24)21-13-7-11(18)6-12(19)8-13/h3-8H,2,9H2,1H3,(H,21,24). The van der Waals surface area contributed by atoms with Gasteiger partial charge in [0.15, 0.2) is 5.82 Å². The zero-order valence-electron chi connectivity index (χ0n) is 13.7. The molecular formula is C17H14F2N4O2S. The van der Waals surface area contributed by atoms with E-state index in [4.69, 9.17) is 4.52 Å². The lowest BCUT2D eigenvalue weighted by Gasteiger charge is -2.06. The van der Waals surface area contributed by atoms with Gasteiger partial charge in [-0.25, -0.2) is 13.8 Å². The Balaban J connectivity index is 1.62. The van der Waals surface area contributed by atoms with Crippen molar-refractivity contribution in [3.63, 3.8) is 0 Å². The molecule has 0 aliphatic heterocycles. The molecule has 0 fully saturated rings. The zero-order valence-corrected chi connectivity index (χ0v) is 14.5. The lowest BCUT2D eigenvalue weighted by atomic mass is 10.3. The summed E-state index contributed by atoms with van der Waals surface area (Å²) in [7, 11) is 0. The summed E-state index contributed by atoms with van der Waals surface area (Å²) in [5, 5.41) is 6.86. The maximum absolute atomic E-state index is 13.1. The molecule has 0 aliphatic carbocycles. The highest BCUT2D eigenvalue weighted by Gasteiger charge is 2.11. The van der Waals surface area contributed by atoms with E-state index in [0.29, 0.717) is 28.7 Å². The molecule has 0 bridgehead atoms. The van der Waals surface area contributed by atoms with Crippen molar-refractivity contribution in [2.24, 2.45) is 0 Å². The van der Waals surface area contributed by atoms with Crippen LogP contribution in [0.15, 0.2) is 46.1 Å². The average molecular weight is 376 g/mol. The van der Waals surface area contributed by atoms with Crippen LogP contribution in [-0.2, 0) is 11.2 Å². The Labute approximate surface area is 152 Å². The number of hydrogen-bond acceptors (Lipinski definition) is 6. The van der Waals surface area contributed by atoms with Crippen LogP contribution in [0.3, 0.4) is 0 Å². The van der Waals surface area contributed by atoms with Crippen molar-refractivity contribution in [1.82, 2.24) is 15.1 Å². The molecule has 0 saturated carbocycles. The summed E-state index contributed by atoms with van der Waals surface area (Å²) in [5.74, 6) is -0.906. The van der Waals surface area contributed by atoms with Crippen molar-refractivity contribution in [2.75, 3.05) is 11.1 Å². The summed E-state index contributed by atoms with van der Waals surface area (Å²) in [6, 6.07) is 6.29. The predicted octanol–water partition coefficient (Wildman–Crippen LogP) is 3.70. The zero-order chi connectivity index (χ0) is 18.5. The van der Waals surface area contributed by atoms with Gasteiger partial charge in [0.2, 0.25) is 5.91 Å². The number of carbonyl (C=O) groups is 1. The molecule has 134 valence electrons. The summed E-state index contributed by atoms with van der Waals surface area (Å²) in [6.07, 6.45) is 2.24. The minimum Gasteiger partial charge on any atom is -0.334 e. The topological polar surface area (TPSA) is 80.9 Å². The molecule has 3 aromatic rings. The number of benzene rings is 1. The van der Waals surface area contributed by atoms with Gasteiger partial charge in [-0.05, 0) is 24.3 Å². The Morgan fingerprint density at radius 1 is 1.23 bits per heavy atom. The third-order valence-corrected chi connectivity index (χ3v) is 4.19. The number of aromatic nitrogens is 3. The molecule has 0 atom stereocenters. The summed E-state index contributed by atoms with van der Waals surface area (Å²) >= 11 is 1.18. The minimum atomic E-state index is -0.756. The second-order valence-electron chi connectivity index (χ2n) is 5.25. The number of halogens is 2. The van der Waals surface area contributed by atoms with Crippen LogP contribution < -0.4 is 5.32 Å². The molecule has 6 nitrogen and oxygen atoms in total. The second-order valence-corrected chi connectivity index (χ2v) is 6.24. The molecule has 1 aromatic carbocycles. The minimum absolute atomic E-state index is 0.0264. The van der Waals surface area contributed by atoms with Crippen molar-refractivity contribution >= 4 is 23.4 Å². The number of anilines is 1. The van der Waals surface area contributed by atoms with Gasteiger partial charge >= 0.3 is 0 Å². The number of hydrogen-bond donors (Lipinski definition) is 1. The largest absolute Gasteiger partial charge is 0.334 e. The van der Waals surface area contributed by atoms with E-state index in [1.807, 2.05) is 6.92 Å². The lowest BCUT2D eigenvalue weighted by molar-refractivity contribution is -0.113. The van der Waals surface area contributed by atoms with Gasteiger partial charge in [-0.15, -0.1) is 0 Å². The number of aryl methyl sites for hydroxylation is 1. The molecule has 0 saturated heterocycles. The fourth-order valence-corrected chi connectivity index (χ4v) is 2.80. The summed E-state index contributed by atoms with van der Waals surface area (Å²) in [5.41, 5.74) is 0.759. The van der Waals surface area contributed by atoms with Crippen molar-refractivity contribution in [2.45, 2.75) is 18.4 Å². The maximum Gasteiger partial charge on any atom is 0.258 e. The highest BCUT2D eigenvalue weighted by atomic mass is 32.2. The van der Waals surface area contributed by atoms with E-state index in [1.165, 1.54) is 11.8 Å². The van der Waals surface area contributed by atoms with Crippen LogP contribution in [0.2, 0.25) is 0 Å². The SMILES string of the molecule is CCc1noc(-c2ccnc(SCC(=O)Nc3cc(F)cc(F)c3)c2)n1. The number of thioether (sulfide) groups is 1. The van der Waals surface area contributed by atoms with Gasteiger partial charge < -0.3 is 9.84 Å². The Bertz CT molecular complexity index is 912. The first-order valence-corrected chi connectivity index (χ1v) is 8.70. The fourth-order valence-electron chi connectivity index (χ4n) is 2.10. The molecule has 1 N–H and O–H groups in total. The van der Waals surface area contributed by atoms with Gasteiger partial charge in [0.25, 0.3) is 5.89 Å². The van der Waals surface area contributed by atoms with E-state index >= 15 is 0 Å². The van der Waals surface area contributed by atoms with Gasteiger partial charge in [0.1, 0.15) is 11.6 Å². The molecule has 2 aromatic heterocycles. The maximum atomic E-state index is 13.1. The lowest BCUT2D eigenvalue weighted by Crippen LogP contribution is -2.14. The Kier molecular flexibility index (Phi) is 5.57. The molecule has 3 rings (SSSR count). The monoisotopic (exact) mass is 376 g/mol. The van der Waals surface area contributed by atoms with Gasteiger partial charge in [-0.2, -0.15) is 4.98 Å². The number of amides is 1. The van der Waals surface area contributed by atoms with E-state index < -0.39 is 17.5 Å². The number of rotatable bonds is 6. The van der Waals surface area contributed by atoms with Crippen LogP contribution in [0.1, 0.15) is 12.7 Å². The van der Waals surface area contributed by atoms with E-state index in [1.54, 1.807) is 18.3 Å². The summed E-state index contributed by atoms with van der Waals surface area (Å²) < 4.78 is 31.4. The average Bonchev–Trinajstić information content (AvgIpc) is 3.08. The van der Waals surface area contributed by atoms with E-state index in [0.717, 1.165) is 18.2 Å². The first kappa shape index (κ1) is 18.0. The molecule has 1 amide bonds. The highest BCUT2D eigenvalue weighted by molar-refractivity contribution is 7.99. The van der Waals surface area contributed by atoms with Crippen LogP contribution in [-0.4, -0.2) is 26.8 Å². The van der Waals surface area contributed by atoms with Gasteiger partial charge in [-0.3, -0.25) is 4.79 Å². The first-order chi connectivity index (χ1) is 12.5. The second kappa shape index (κ2) is 8.05. The molecule has 0 spiro atoms. The van der Waals surface area contributed by atoms with Crippen molar-refractivity contribution in [1.29, 1.82) is 0 Å². The van der Waals surface area contributed by atoms with E-state index in [2.05, 4.69) is 20.4 Å². The number of pyridine rings is 1. The smallest absolute Gasteiger partial charge is 0.258 e. The quantitative estimate of drug-likeness (QED) is 0.661. The van der Waals surface area contributed by atoms with Crippen molar-refractivity contribution in [3.05, 3.63) is 54.0 Å². The molecular weight excluding hydrogens is 362 g/mol. The molecule has 0 radical (unpaired) electrons. The van der Waals surface area contributed by atoms with E-state index in [-0.39, 0.29) is 11.4 Å². The Morgan fingerprint density at radius 3 is 2.69 bits per heavy atom. The molecule has 9 heteroatoms. The molecule has 26 heavy (non-hydrogen) atoms. The van der Waals surface area contributed by atoms with Crippen molar-refractivity contribution < 1.29 is 18.1 Å². The third-order valence-electron chi connectivity index (χ3n) is 3.26. The van der Waals surface area contributed by atoms with Crippen molar-refractivity contribution in [3.8, 4) is 11.5 Å². The predicted molar refractivity (Wildman–Crippen MR) is 92.6 cm³/mol. The molecule has 2 heterocycles. The first-order valence-electron chi connectivity index (χ1n) is 7.71. The van der Waals surface area contributed by atoms with Crippen LogP contribution >= 0.6 is 11.8 Å². The van der Waals surface area contributed by atoms with E-state index in [9.17, 15) is 13.6 Å². The van der Waals surface area contributed by atoms with Gasteiger partial charge in [0.05, 0.1) is 10.8 Å². The van der Waals surface area contributed by atoms with Gasteiger partial charge in [-0.1, -0.05) is 23.8 Å². The fraction of sp³-hybridized carbons (Fsp3) is 0.176. The Hall–Kier alpha value is -2.81. The summed E-state index contributed by atoms with van der Waals surface area (Å²) in [6.45, 7) is 1.92. The van der Waals surface area contributed by atoms with Crippen LogP contribution in [0.4, 0.5) is 14.5 Å². The molecule has 0 aliphatic rings. The number of nitrogens with zero attached hydrogens (tertiary/aromatic N) is 3. The van der Waals surface area contributed by atoms with Crippen LogP contribution in [0.25, 0.3) is 11.5 Å². The van der Waals surface area contributed by atoms with Crippen LogP contribution in [0, 0.1) is 11.6 Å². The molecule has 0 unspecified atom stereocenters. The third kappa shape index (κ3) is 4.63. The highest BCUT2D eigenvalue weighted by Crippen LogP contribution is 2.23. The number of carbonyl (C=O) groups excluding carboxylic acids is 1. The van der Waals surface area contributed by atoms with Crippen LogP contribution in [0.5, 0.6) is 0 Å². The normalized spacial score (nSPS) is 10.7. The summed E-state index contributed by atoms with van der Waals surface area (Å²) in [4.78, 5) is 20.4.